The van der Waals surface area contributed by atoms with Crippen LogP contribution in [0.1, 0.15) is 22.4 Å². The van der Waals surface area contributed by atoms with Gasteiger partial charge in [0.05, 0.1) is 11.3 Å². The Morgan fingerprint density at radius 3 is 2.61 bits per heavy atom. The lowest BCUT2D eigenvalue weighted by atomic mass is 10.1. The third-order valence-electron chi connectivity index (χ3n) is 4.31. The molecule has 140 valence electrons. The van der Waals surface area contributed by atoms with Crippen molar-refractivity contribution in [1.29, 1.82) is 0 Å². The Kier molecular flexibility index (Phi) is 5.01. The largest absolute Gasteiger partial charge is 0.473 e. The Labute approximate surface area is 163 Å². The maximum absolute atomic E-state index is 5.96. The molecular weight excluding hydrogens is 352 g/mol. The number of aromatic nitrogens is 3. The maximum atomic E-state index is 5.96. The zero-order valence-electron chi connectivity index (χ0n) is 15.5. The topological polar surface area (TPSA) is 87.1 Å². The molecule has 2 N–H and O–H groups in total. The van der Waals surface area contributed by atoms with Gasteiger partial charge >= 0.3 is 0 Å². The average molecular weight is 372 g/mol. The van der Waals surface area contributed by atoms with Gasteiger partial charge in [-0.05, 0) is 35.7 Å². The first-order chi connectivity index (χ1) is 13.7. The molecule has 6 heteroatoms. The van der Waals surface area contributed by atoms with E-state index in [1.165, 1.54) is 0 Å². The van der Waals surface area contributed by atoms with Crippen LogP contribution in [0.15, 0.2) is 71.5 Å². The molecule has 0 fully saturated rings. The molecule has 3 heterocycles. The molecule has 0 atom stereocenters. The summed E-state index contributed by atoms with van der Waals surface area (Å²) in [5, 5.41) is 4.17. The first kappa shape index (κ1) is 17.7. The number of ether oxygens (including phenoxy) is 1. The first-order valence-corrected chi connectivity index (χ1v) is 8.97. The monoisotopic (exact) mass is 372 g/mol. The molecule has 4 rings (SSSR count). The predicted octanol–water partition coefficient (Wildman–Crippen LogP) is 4.19. The molecule has 0 saturated heterocycles. The second kappa shape index (κ2) is 7.92. The molecule has 0 unspecified atom stereocenters. The van der Waals surface area contributed by atoms with Gasteiger partial charge in [0.25, 0.3) is 0 Å². The summed E-state index contributed by atoms with van der Waals surface area (Å²) in [5.74, 6) is 1.68. The predicted molar refractivity (Wildman–Crippen MR) is 107 cm³/mol. The van der Waals surface area contributed by atoms with Crippen LogP contribution in [0.3, 0.4) is 0 Å². The smallest absolute Gasteiger partial charge is 0.213 e. The van der Waals surface area contributed by atoms with Gasteiger partial charge in [0.1, 0.15) is 12.4 Å². The second-order valence-corrected chi connectivity index (χ2v) is 6.58. The van der Waals surface area contributed by atoms with Crippen molar-refractivity contribution in [3.05, 3.63) is 89.4 Å². The number of nitrogens with zero attached hydrogens (tertiary/aromatic N) is 3. The normalized spacial score (nSPS) is 10.8. The molecule has 4 aromatic rings. The van der Waals surface area contributed by atoms with E-state index in [1.807, 2.05) is 49.4 Å². The van der Waals surface area contributed by atoms with E-state index in [-0.39, 0.29) is 0 Å². The number of nitrogens with two attached hydrogens (primary N) is 1. The minimum atomic E-state index is 0.436. The highest BCUT2D eigenvalue weighted by atomic mass is 16.5. The summed E-state index contributed by atoms with van der Waals surface area (Å²) in [6.07, 6.45) is 4.12. The minimum absolute atomic E-state index is 0.436. The van der Waals surface area contributed by atoms with E-state index in [2.05, 4.69) is 27.3 Å². The summed E-state index contributed by atoms with van der Waals surface area (Å²) in [6.45, 7) is 2.44. The number of aryl methyl sites for hydroxylation is 1. The van der Waals surface area contributed by atoms with Gasteiger partial charge in [0.2, 0.25) is 5.88 Å². The lowest BCUT2D eigenvalue weighted by molar-refractivity contribution is 0.294. The number of benzene rings is 1. The van der Waals surface area contributed by atoms with Crippen molar-refractivity contribution in [2.24, 2.45) is 0 Å². The molecule has 3 aromatic heterocycles. The molecule has 0 radical (unpaired) electrons. The van der Waals surface area contributed by atoms with Crippen LogP contribution in [-0.2, 0) is 13.0 Å². The van der Waals surface area contributed by atoms with Crippen molar-refractivity contribution >= 4 is 5.82 Å². The summed E-state index contributed by atoms with van der Waals surface area (Å²) in [5.41, 5.74) is 10.8. The summed E-state index contributed by atoms with van der Waals surface area (Å²) in [6, 6.07) is 17.7. The summed E-state index contributed by atoms with van der Waals surface area (Å²) in [7, 11) is 0. The van der Waals surface area contributed by atoms with Gasteiger partial charge in [-0.15, -0.1) is 0 Å². The van der Waals surface area contributed by atoms with Crippen molar-refractivity contribution in [1.82, 2.24) is 15.1 Å². The van der Waals surface area contributed by atoms with Crippen molar-refractivity contribution < 1.29 is 9.26 Å². The fourth-order valence-corrected chi connectivity index (χ4v) is 2.85. The van der Waals surface area contributed by atoms with Crippen molar-refractivity contribution in [2.75, 3.05) is 5.73 Å². The number of rotatable bonds is 6. The molecule has 6 nitrogen and oxygen atoms in total. The Bertz CT molecular complexity index is 1060. The van der Waals surface area contributed by atoms with Gasteiger partial charge in [0, 0.05) is 30.9 Å². The van der Waals surface area contributed by atoms with Crippen LogP contribution < -0.4 is 10.5 Å². The average Bonchev–Trinajstić information content (AvgIpc) is 3.18. The Balaban J connectivity index is 1.41. The van der Waals surface area contributed by atoms with Gasteiger partial charge in [-0.25, -0.2) is 9.97 Å². The fraction of sp³-hybridized carbons (Fsp3) is 0.136. The number of hydrogen-bond donors (Lipinski definition) is 1. The summed E-state index contributed by atoms with van der Waals surface area (Å²) >= 11 is 0. The fourth-order valence-electron chi connectivity index (χ4n) is 2.85. The molecule has 0 saturated carbocycles. The van der Waals surface area contributed by atoms with Crippen LogP contribution in [0.4, 0.5) is 5.82 Å². The number of anilines is 1. The zero-order chi connectivity index (χ0) is 19.3. The van der Waals surface area contributed by atoms with Crippen LogP contribution in [0.2, 0.25) is 0 Å². The Hall–Kier alpha value is -3.67. The molecule has 0 aliphatic carbocycles. The van der Waals surface area contributed by atoms with E-state index in [1.54, 1.807) is 12.4 Å². The molecule has 0 aliphatic heterocycles. The van der Waals surface area contributed by atoms with Crippen LogP contribution in [0, 0.1) is 6.92 Å². The highest BCUT2D eigenvalue weighted by Crippen LogP contribution is 2.26. The number of nitrogen functional groups attached to an aromatic ring is 1. The van der Waals surface area contributed by atoms with E-state index in [0.717, 1.165) is 27.9 Å². The first-order valence-electron chi connectivity index (χ1n) is 8.97. The number of hydrogen-bond acceptors (Lipinski definition) is 6. The van der Waals surface area contributed by atoms with Gasteiger partial charge < -0.3 is 15.0 Å². The Morgan fingerprint density at radius 2 is 1.82 bits per heavy atom. The SMILES string of the molecule is Cc1cnc(N)c(-c2cc(Cc3ccc(COc4ccccn4)cc3)no2)c1. The van der Waals surface area contributed by atoms with E-state index < -0.39 is 0 Å². The van der Waals surface area contributed by atoms with E-state index in [4.69, 9.17) is 15.0 Å². The molecule has 28 heavy (non-hydrogen) atoms. The van der Waals surface area contributed by atoms with Crippen LogP contribution in [0.5, 0.6) is 5.88 Å². The molecule has 1 aromatic carbocycles. The van der Waals surface area contributed by atoms with Gasteiger partial charge in [-0.1, -0.05) is 35.5 Å². The maximum Gasteiger partial charge on any atom is 0.213 e. The minimum Gasteiger partial charge on any atom is -0.473 e. The quantitative estimate of drug-likeness (QED) is 0.546. The highest BCUT2D eigenvalue weighted by Gasteiger charge is 2.11. The molecule has 0 amide bonds. The lowest BCUT2D eigenvalue weighted by Crippen LogP contribution is -1.97. The van der Waals surface area contributed by atoms with Crippen LogP contribution in [-0.4, -0.2) is 15.1 Å². The van der Waals surface area contributed by atoms with Crippen LogP contribution in [0.25, 0.3) is 11.3 Å². The van der Waals surface area contributed by atoms with Crippen LogP contribution >= 0.6 is 0 Å². The van der Waals surface area contributed by atoms with Crippen molar-refractivity contribution in [3.63, 3.8) is 0 Å². The summed E-state index contributed by atoms with van der Waals surface area (Å²) < 4.78 is 11.1. The van der Waals surface area contributed by atoms with Crippen molar-refractivity contribution in [2.45, 2.75) is 20.0 Å². The molecule has 0 aliphatic rings. The Morgan fingerprint density at radius 1 is 1.00 bits per heavy atom. The van der Waals surface area contributed by atoms with Gasteiger partial charge in [0.15, 0.2) is 5.76 Å². The lowest BCUT2D eigenvalue weighted by Gasteiger charge is -2.05. The highest BCUT2D eigenvalue weighted by molar-refractivity contribution is 5.70. The van der Waals surface area contributed by atoms with Crippen molar-refractivity contribution in [3.8, 4) is 17.2 Å². The summed E-state index contributed by atoms with van der Waals surface area (Å²) in [4.78, 5) is 8.32. The van der Waals surface area contributed by atoms with E-state index >= 15 is 0 Å². The third-order valence-corrected chi connectivity index (χ3v) is 4.31. The second-order valence-electron chi connectivity index (χ2n) is 6.58. The van der Waals surface area contributed by atoms with Gasteiger partial charge in [-0.2, -0.15) is 0 Å². The standard InChI is InChI=1S/C22H20N4O2/c1-15-10-19(22(23)25-13-15)20-12-18(26-28-20)11-16-5-7-17(8-6-16)14-27-21-4-2-3-9-24-21/h2-10,12-13H,11,14H2,1H3,(H2,23,25). The molecule has 0 bridgehead atoms. The number of pyridine rings is 2. The molecule has 0 spiro atoms. The zero-order valence-corrected chi connectivity index (χ0v) is 15.5. The van der Waals surface area contributed by atoms with E-state index in [9.17, 15) is 0 Å². The molecular formula is C22H20N4O2. The third kappa shape index (κ3) is 4.17. The van der Waals surface area contributed by atoms with Gasteiger partial charge in [-0.3, -0.25) is 0 Å². The van der Waals surface area contributed by atoms with E-state index in [0.29, 0.717) is 30.5 Å².